The fourth-order valence-corrected chi connectivity index (χ4v) is 2.05. The molecule has 0 radical (unpaired) electrons. The lowest BCUT2D eigenvalue weighted by atomic mass is 9.90. The van der Waals surface area contributed by atoms with Crippen molar-refractivity contribution in [2.75, 3.05) is 0 Å². The van der Waals surface area contributed by atoms with Gasteiger partial charge >= 0.3 is 0 Å². The van der Waals surface area contributed by atoms with E-state index in [1.165, 1.54) is 0 Å². The predicted octanol–water partition coefficient (Wildman–Crippen LogP) is 3.34. The first-order chi connectivity index (χ1) is 8.72. The Hall–Kier alpha value is -2.03. The highest BCUT2D eigenvalue weighted by atomic mass is 16.1. The van der Waals surface area contributed by atoms with Gasteiger partial charge in [-0.15, -0.1) is 0 Å². The molecule has 3 heteroatoms. The van der Waals surface area contributed by atoms with Crippen LogP contribution in [0.5, 0.6) is 0 Å². The molecule has 0 fully saturated rings. The van der Waals surface area contributed by atoms with Crippen molar-refractivity contribution < 1.29 is 4.79 Å². The molecule has 0 bridgehead atoms. The number of carbonyl (C=O) groups is 1. The Labute approximate surface area is 107 Å². The van der Waals surface area contributed by atoms with E-state index in [-0.39, 0.29) is 11.7 Å². The Bertz CT molecular complexity index is 527. The standard InChI is InChI=1S/C15H16N2O/c1-3-13-14(9-10-16-15(13)11(2)18)17-12-7-5-4-6-8-12/h4-10,13H,3H2,1-2H3. The third-order valence-electron chi connectivity index (χ3n) is 2.93. The van der Waals surface area contributed by atoms with E-state index >= 15 is 0 Å². The van der Waals surface area contributed by atoms with E-state index in [2.05, 4.69) is 9.98 Å². The van der Waals surface area contributed by atoms with Crippen LogP contribution in [0.4, 0.5) is 5.69 Å². The van der Waals surface area contributed by atoms with Crippen molar-refractivity contribution in [1.82, 2.24) is 0 Å². The van der Waals surface area contributed by atoms with Gasteiger partial charge in [-0.3, -0.25) is 14.8 Å². The average molecular weight is 240 g/mol. The second kappa shape index (κ2) is 5.54. The highest BCUT2D eigenvalue weighted by Gasteiger charge is 2.24. The van der Waals surface area contributed by atoms with Crippen LogP contribution in [0.25, 0.3) is 0 Å². The molecule has 3 nitrogen and oxygen atoms in total. The summed E-state index contributed by atoms with van der Waals surface area (Å²) in [7, 11) is 0. The van der Waals surface area contributed by atoms with Crippen LogP contribution >= 0.6 is 0 Å². The molecule has 1 aliphatic heterocycles. The molecule has 0 aromatic heterocycles. The second-order valence-corrected chi connectivity index (χ2v) is 4.22. The zero-order valence-corrected chi connectivity index (χ0v) is 10.6. The van der Waals surface area contributed by atoms with Gasteiger partial charge < -0.3 is 0 Å². The number of benzene rings is 1. The van der Waals surface area contributed by atoms with E-state index in [0.717, 1.165) is 17.8 Å². The molecule has 1 aliphatic rings. The number of ketones is 1. The van der Waals surface area contributed by atoms with Crippen LogP contribution in [-0.4, -0.2) is 17.2 Å². The van der Waals surface area contributed by atoms with Crippen molar-refractivity contribution in [3.63, 3.8) is 0 Å². The summed E-state index contributed by atoms with van der Waals surface area (Å²) >= 11 is 0. The van der Waals surface area contributed by atoms with Gasteiger partial charge in [0.05, 0.1) is 17.1 Å². The largest absolute Gasteiger partial charge is 0.293 e. The van der Waals surface area contributed by atoms with E-state index < -0.39 is 0 Å². The molecule has 0 saturated heterocycles. The number of aliphatic imine (C=N–C) groups is 2. The van der Waals surface area contributed by atoms with Crippen molar-refractivity contribution in [2.45, 2.75) is 20.3 Å². The minimum absolute atomic E-state index is 0.00714. The molecule has 2 rings (SSSR count). The van der Waals surface area contributed by atoms with Gasteiger partial charge in [-0.05, 0) is 24.6 Å². The molecule has 0 saturated carbocycles. The maximum Gasteiger partial charge on any atom is 0.174 e. The molecule has 0 N–H and O–H groups in total. The van der Waals surface area contributed by atoms with Crippen molar-refractivity contribution in [3.05, 3.63) is 42.6 Å². The van der Waals surface area contributed by atoms with E-state index in [4.69, 9.17) is 0 Å². The van der Waals surface area contributed by atoms with Gasteiger partial charge in [0.15, 0.2) is 5.78 Å². The third kappa shape index (κ3) is 2.62. The molecule has 0 aliphatic carbocycles. The summed E-state index contributed by atoms with van der Waals surface area (Å²) in [6.07, 6.45) is 4.37. The molecule has 1 atom stereocenters. The van der Waals surface area contributed by atoms with Crippen LogP contribution < -0.4 is 0 Å². The van der Waals surface area contributed by atoms with Crippen LogP contribution in [0.1, 0.15) is 20.3 Å². The summed E-state index contributed by atoms with van der Waals surface area (Å²) in [5.74, 6) is 0.0275. The molecule has 0 spiro atoms. The lowest BCUT2D eigenvalue weighted by molar-refractivity contribution is -0.111. The summed E-state index contributed by atoms with van der Waals surface area (Å²) in [6.45, 7) is 3.60. The van der Waals surface area contributed by atoms with E-state index in [1.54, 1.807) is 13.1 Å². The van der Waals surface area contributed by atoms with E-state index in [0.29, 0.717) is 5.71 Å². The first-order valence-corrected chi connectivity index (χ1v) is 6.11. The number of hydrogen-bond donors (Lipinski definition) is 0. The number of nitrogens with zero attached hydrogens (tertiary/aromatic N) is 2. The lowest BCUT2D eigenvalue weighted by Gasteiger charge is -2.18. The van der Waals surface area contributed by atoms with E-state index in [9.17, 15) is 4.79 Å². The summed E-state index contributed by atoms with van der Waals surface area (Å²) in [5, 5.41) is 0. The first kappa shape index (κ1) is 12.4. The van der Waals surface area contributed by atoms with Gasteiger partial charge in [0.1, 0.15) is 0 Å². The molecular weight excluding hydrogens is 224 g/mol. The third-order valence-corrected chi connectivity index (χ3v) is 2.93. The van der Waals surface area contributed by atoms with Crippen LogP contribution in [0.2, 0.25) is 0 Å². The number of para-hydroxylation sites is 1. The van der Waals surface area contributed by atoms with Gasteiger partial charge in [-0.1, -0.05) is 25.1 Å². The molecule has 92 valence electrons. The minimum Gasteiger partial charge on any atom is -0.293 e. The van der Waals surface area contributed by atoms with Gasteiger partial charge in [0.25, 0.3) is 0 Å². The predicted molar refractivity (Wildman–Crippen MR) is 74.6 cm³/mol. The average Bonchev–Trinajstić information content (AvgIpc) is 2.39. The maximum atomic E-state index is 11.5. The molecule has 1 aromatic carbocycles. The quantitative estimate of drug-likeness (QED) is 0.798. The normalized spacial score (nSPS) is 20.9. The molecule has 1 heterocycles. The topological polar surface area (TPSA) is 41.8 Å². The Morgan fingerprint density at radius 1 is 1.33 bits per heavy atom. The summed E-state index contributed by atoms with van der Waals surface area (Å²) in [5.41, 5.74) is 2.42. The second-order valence-electron chi connectivity index (χ2n) is 4.22. The Morgan fingerprint density at radius 2 is 2.06 bits per heavy atom. The van der Waals surface area contributed by atoms with E-state index in [1.807, 2.05) is 43.3 Å². The summed E-state index contributed by atoms with van der Waals surface area (Å²) in [4.78, 5) is 20.3. The highest BCUT2D eigenvalue weighted by molar-refractivity contribution is 6.44. The van der Waals surface area contributed by atoms with Crippen molar-refractivity contribution >= 4 is 22.9 Å². The number of rotatable bonds is 3. The van der Waals surface area contributed by atoms with Crippen LogP contribution in [0.3, 0.4) is 0 Å². The van der Waals surface area contributed by atoms with Crippen LogP contribution in [0.15, 0.2) is 52.6 Å². The first-order valence-electron chi connectivity index (χ1n) is 6.11. The van der Waals surface area contributed by atoms with Crippen molar-refractivity contribution in [1.29, 1.82) is 0 Å². The van der Waals surface area contributed by atoms with Gasteiger partial charge in [-0.2, -0.15) is 0 Å². The summed E-state index contributed by atoms with van der Waals surface area (Å²) < 4.78 is 0. The SMILES string of the molecule is CCC1C(=Nc2ccccc2)C=CN=C1C(C)=O. The van der Waals surface area contributed by atoms with Gasteiger partial charge in [-0.25, -0.2) is 0 Å². The maximum absolute atomic E-state index is 11.5. The number of hydrogen-bond acceptors (Lipinski definition) is 3. The molecular formula is C15H16N2O. The molecule has 1 unspecified atom stereocenters. The Morgan fingerprint density at radius 3 is 2.67 bits per heavy atom. The van der Waals surface area contributed by atoms with Crippen molar-refractivity contribution in [3.8, 4) is 0 Å². The minimum atomic E-state index is 0.00714. The Kier molecular flexibility index (Phi) is 3.82. The number of allylic oxidation sites excluding steroid dienone is 1. The fraction of sp³-hybridized carbons (Fsp3) is 0.267. The zero-order chi connectivity index (χ0) is 13.0. The molecule has 18 heavy (non-hydrogen) atoms. The lowest BCUT2D eigenvalue weighted by Crippen LogP contribution is -2.29. The molecule has 1 aromatic rings. The monoisotopic (exact) mass is 240 g/mol. The van der Waals surface area contributed by atoms with Gasteiger partial charge in [0, 0.05) is 19.0 Å². The number of carbonyl (C=O) groups excluding carboxylic acids is 1. The van der Waals surface area contributed by atoms with Gasteiger partial charge in [0.2, 0.25) is 0 Å². The molecule has 0 amide bonds. The highest BCUT2D eigenvalue weighted by Crippen LogP contribution is 2.19. The fourth-order valence-electron chi connectivity index (χ4n) is 2.05. The zero-order valence-electron chi connectivity index (χ0n) is 10.6. The Balaban J connectivity index is 2.35. The number of Topliss-reactive ketones (excluding diaryl/α,β-unsaturated/α-hetero) is 1. The van der Waals surface area contributed by atoms with Crippen LogP contribution in [-0.2, 0) is 4.79 Å². The smallest absolute Gasteiger partial charge is 0.174 e. The van der Waals surface area contributed by atoms with Crippen molar-refractivity contribution in [2.24, 2.45) is 15.9 Å². The summed E-state index contributed by atoms with van der Waals surface area (Å²) in [6, 6.07) is 9.76. The van der Waals surface area contributed by atoms with Crippen LogP contribution in [0, 0.1) is 5.92 Å².